The number of aromatic nitrogens is 1. The Labute approximate surface area is 118 Å². The minimum absolute atomic E-state index is 0.534. The first-order valence-corrected chi connectivity index (χ1v) is 6.81. The molecule has 0 saturated carbocycles. The SMILES string of the molecule is Cc1ccc2c(c1)c(-c1ccccc1)cn2CCC#N. The maximum atomic E-state index is 8.80. The van der Waals surface area contributed by atoms with Crippen molar-refractivity contribution in [1.82, 2.24) is 4.57 Å². The molecule has 2 aromatic carbocycles. The predicted octanol–water partition coefficient (Wildman–Crippen LogP) is 4.53. The Morgan fingerprint density at radius 3 is 2.65 bits per heavy atom. The van der Waals surface area contributed by atoms with Crippen LogP contribution < -0.4 is 0 Å². The molecule has 0 fully saturated rings. The van der Waals surface area contributed by atoms with Gasteiger partial charge in [-0.3, -0.25) is 0 Å². The Bertz CT molecular complexity index is 776. The van der Waals surface area contributed by atoms with E-state index in [4.69, 9.17) is 5.26 Å². The Kier molecular flexibility index (Phi) is 3.26. The molecule has 0 aliphatic carbocycles. The molecule has 0 radical (unpaired) electrons. The molecule has 20 heavy (non-hydrogen) atoms. The molecule has 0 aliphatic rings. The summed E-state index contributed by atoms with van der Waals surface area (Å²) in [6, 6.07) is 19.1. The maximum absolute atomic E-state index is 8.80. The number of nitriles is 1. The summed E-state index contributed by atoms with van der Waals surface area (Å²) < 4.78 is 2.18. The standard InChI is InChI=1S/C18H16N2/c1-14-8-9-18-16(12-14)17(13-20(18)11-5-10-19)15-6-3-2-4-7-15/h2-4,6-9,12-13H,5,11H2,1H3. The number of fused-ring (bicyclic) bond motifs is 1. The largest absolute Gasteiger partial charge is 0.346 e. The molecule has 0 unspecified atom stereocenters. The number of benzene rings is 2. The Hall–Kier alpha value is -2.53. The molecule has 0 spiro atoms. The number of aryl methyl sites for hydroxylation is 2. The third-order valence-corrected chi connectivity index (χ3v) is 3.59. The second-order valence-electron chi connectivity index (χ2n) is 5.03. The lowest BCUT2D eigenvalue weighted by Crippen LogP contribution is -1.94. The Morgan fingerprint density at radius 2 is 1.90 bits per heavy atom. The van der Waals surface area contributed by atoms with Gasteiger partial charge in [-0.2, -0.15) is 5.26 Å². The van der Waals surface area contributed by atoms with Crippen LogP contribution in [-0.2, 0) is 6.54 Å². The summed E-state index contributed by atoms with van der Waals surface area (Å²) in [5.74, 6) is 0. The minimum Gasteiger partial charge on any atom is -0.346 e. The first-order chi connectivity index (χ1) is 9.79. The number of hydrogen-bond donors (Lipinski definition) is 0. The molecule has 2 nitrogen and oxygen atoms in total. The molecule has 2 heteroatoms. The van der Waals surface area contributed by atoms with Crippen LogP contribution >= 0.6 is 0 Å². The van der Waals surface area contributed by atoms with E-state index in [1.807, 2.05) is 6.07 Å². The summed E-state index contributed by atoms with van der Waals surface area (Å²) in [4.78, 5) is 0. The molecular weight excluding hydrogens is 244 g/mol. The zero-order valence-corrected chi connectivity index (χ0v) is 11.5. The van der Waals surface area contributed by atoms with Gasteiger partial charge in [0.15, 0.2) is 0 Å². The molecule has 0 bridgehead atoms. The average Bonchev–Trinajstić information content (AvgIpc) is 2.84. The minimum atomic E-state index is 0.534. The summed E-state index contributed by atoms with van der Waals surface area (Å²) >= 11 is 0. The van der Waals surface area contributed by atoms with Gasteiger partial charge in [0, 0.05) is 29.2 Å². The van der Waals surface area contributed by atoms with Gasteiger partial charge in [0.2, 0.25) is 0 Å². The van der Waals surface area contributed by atoms with Crippen molar-refractivity contribution in [3.63, 3.8) is 0 Å². The number of nitrogens with zero attached hydrogens (tertiary/aromatic N) is 2. The van der Waals surface area contributed by atoms with E-state index in [0.29, 0.717) is 6.42 Å². The van der Waals surface area contributed by atoms with Crippen LogP contribution in [-0.4, -0.2) is 4.57 Å². The van der Waals surface area contributed by atoms with Crippen molar-refractivity contribution < 1.29 is 0 Å². The van der Waals surface area contributed by atoms with Gasteiger partial charge in [-0.25, -0.2) is 0 Å². The van der Waals surface area contributed by atoms with Crippen LogP contribution in [0.3, 0.4) is 0 Å². The summed E-state index contributed by atoms with van der Waals surface area (Å²) in [5, 5.41) is 10.1. The highest BCUT2D eigenvalue weighted by Crippen LogP contribution is 2.31. The molecule has 0 saturated heterocycles. The Morgan fingerprint density at radius 1 is 1.10 bits per heavy atom. The zero-order chi connectivity index (χ0) is 13.9. The first-order valence-electron chi connectivity index (χ1n) is 6.81. The second-order valence-corrected chi connectivity index (χ2v) is 5.03. The van der Waals surface area contributed by atoms with Crippen molar-refractivity contribution in [2.75, 3.05) is 0 Å². The van der Waals surface area contributed by atoms with Crippen molar-refractivity contribution in [2.24, 2.45) is 0 Å². The number of rotatable bonds is 3. The third kappa shape index (κ3) is 2.19. The highest BCUT2D eigenvalue weighted by atomic mass is 15.0. The number of hydrogen-bond acceptors (Lipinski definition) is 1. The van der Waals surface area contributed by atoms with Gasteiger partial charge in [0.1, 0.15) is 0 Å². The molecule has 1 aromatic heterocycles. The van der Waals surface area contributed by atoms with E-state index >= 15 is 0 Å². The van der Waals surface area contributed by atoms with Crippen molar-refractivity contribution in [1.29, 1.82) is 5.26 Å². The summed E-state index contributed by atoms with van der Waals surface area (Å²) in [7, 11) is 0. The first kappa shape index (κ1) is 12.5. The average molecular weight is 260 g/mol. The maximum Gasteiger partial charge on any atom is 0.0640 e. The summed E-state index contributed by atoms with van der Waals surface area (Å²) in [5.41, 5.74) is 4.92. The van der Waals surface area contributed by atoms with Crippen molar-refractivity contribution in [3.8, 4) is 17.2 Å². The highest BCUT2D eigenvalue weighted by molar-refractivity contribution is 5.96. The normalized spacial score (nSPS) is 10.6. The van der Waals surface area contributed by atoms with E-state index in [9.17, 15) is 0 Å². The predicted molar refractivity (Wildman–Crippen MR) is 82.3 cm³/mol. The summed E-state index contributed by atoms with van der Waals surface area (Å²) in [6.07, 6.45) is 2.70. The molecule has 1 heterocycles. The fourth-order valence-electron chi connectivity index (χ4n) is 2.61. The second kappa shape index (κ2) is 5.22. The van der Waals surface area contributed by atoms with Crippen LogP contribution in [0.4, 0.5) is 0 Å². The quantitative estimate of drug-likeness (QED) is 0.680. The van der Waals surface area contributed by atoms with Gasteiger partial charge >= 0.3 is 0 Å². The van der Waals surface area contributed by atoms with E-state index in [1.165, 1.54) is 27.6 Å². The van der Waals surface area contributed by atoms with Crippen LogP contribution in [0.1, 0.15) is 12.0 Å². The topological polar surface area (TPSA) is 28.7 Å². The molecule has 3 aromatic rings. The fraction of sp³-hybridized carbons (Fsp3) is 0.167. The molecule has 3 rings (SSSR count). The van der Waals surface area contributed by atoms with E-state index in [-0.39, 0.29) is 0 Å². The zero-order valence-electron chi connectivity index (χ0n) is 11.5. The van der Waals surface area contributed by atoms with Gasteiger partial charge in [0.25, 0.3) is 0 Å². The molecular formula is C18H16N2. The fourth-order valence-corrected chi connectivity index (χ4v) is 2.61. The third-order valence-electron chi connectivity index (χ3n) is 3.59. The van der Waals surface area contributed by atoms with Gasteiger partial charge < -0.3 is 4.57 Å². The smallest absolute Gasteiger partial charge is 0.0640 e. The van der Waals surface area contributed by atoms with E-state index in [1.54, 1.807) is 0 Å². The van der Waals surface area contributed by atoms with Gasteiger partial charge in [-0.05, 0) is 24.6 Å². The lowest BCUT2D eigenvalue weighted by molar-refractivity contribution is 0.745. The van der Waals surface area contributed by atoms with Crippen molar-refractivity contribution >= 4 is 10.9 Å². The van der Waals surface area contributed by atoms with E-state index in [2.05, 4.69) is 66.2 Å². The van der Waals surface area contributed by atoms with Crippen LogP contribution in [0.15, 0.2) is 54.7 Å². The molecule has 0 N–H and O–H groups in total. The molecule has 0 amide bonds. The van der Waals surface area contributed by atoms with Crippen LogP contribution in [0.5, 0.6) is 0 Å². The van der Waals surface area contributed by atoms with Crippen LogP contribution in [0.25, 0.3) is 22.0 Å². The molecule has 98 valence electrons. The Balaban J connectivity index is 2.21. The van der Waals surface area contributed by atoms with Crippen molar-refractivity contribution in [2.45, 2.75) is 19.9 Å². The van der Waals surface area contributed by atoms with E-state index in [0.717, 1.165) is 6.54 Å². The van der Waals surface area contributed by atoms with Gasteiger partial charge in [0.05, 0.1) is 12.5 Å². The van der Waals surface area contributed by atoms with Crippen LogP contribution in [0.2, 0.25) is 0 Å². The van der Waals surface area contributed by atoms with E-state index < -0.39 is 0 Å². The highest BCUT2D eigenvalue weighted by Gasteiger charge is 2.10. The van der Waals surface area contributed by atoms with Gasteiger partial charge in [-0.1, -0.05) is 42.0 Å². The lowest BCUT2D eigenvalue weighted by atomic mass is 10.0. The molecule has 0 aliphatic heterocycles. The van der Waals surface area contributed by atoms with Crippen molar-refractivity contribution in [3.05, 3.63) is 60.3 Å². The van der Waals surface area contributed by atoms with Gasteiger partial charge in [-0.15, -0.1) is 0 Å². The monoisotopic (exact) mass is 260 g/mol. The van der Waals surface area contributed by atoms with Crippen LogP contribution in [0, 0.1) is 18.3 Å². The molecule has 0 atom stereocenters. The lowest BCUT2D eigenvalue weighted by Gasteiger charge is -2.01. The summed E-state index contributed by atoms with van der Waals surface area (Å²) in [6.45, 7) is 2.85.